The number of amides is 3. The Morgan fingerprint density at radius 1 is 0.708 bits per heavy atom. The van der Waals surface area contributed by atoms with E-state index >= 15 is 0 Å². The highest BCUT2D eigenvalue weighted by atomic mass is 16.2. The second kappa shape index (κ2) is 10.0. The number of urea groups is 1. The Bertz CT molecular complexity index is 630. The molecule has 3 N–H and O–H groups in total. The summed E-state index contributed by atoms with van der Waals surface area (Å²) in [7, 11) is 0. The summed E-state index contributed by atoms with van der Waals surface area (Å²) in [6, 6.07) is 19.0. The molecule has 0 heterocycles. The zero-order valence-corrected chi connectivity index (χ0v) is 13.6. The van der Waals surface area contributed by atoms with Crippen LogP contribution < -0.4 is 16.0 Å². The Balaban J connectivity index is 1.51. The highest BCUT2D eigenvalue weighted by Gasteiger charge is 2.03. The van der Waals surface area contributed by atoms with Crippen LogP contribution in [0.2, 0.25) is 0 Å². The highest BCUT2D eigenvalue weighted by molar-refractivity contribution is 5.94. The first-order valence-corrected chi connectivity index (χ1v) is 8.14. The van der Waals surface area contributed by atoms with Gasteiger partial charge in [-0.2, -0.15) is 0 Å². The van der Waals surface area contributed by atoms with Gasteiger partial charge in [0.1, 0.15) is 0 Å². The van der Waals surface area contributed by atoms with Gasteiger partial charge in [-0.1, -0.05) is 48.5 Å². The average molecular weight is 325 g/mol. The molecule has 0 saturated heterocycles. The fourth-order valence-corrected chi connectivity index (χ4v) is 2.25. The Hall–Kier alpha value is -2.82. The lowest BCUT2D eigenvalue weighted by atomic mass is 10.1. The molecule has 24 heavy (non-hydrogen) atoms. The molecule has 2 aromatic rings. The first kappa shape index (κ1) is 17.5. The molecule has 0 aliphatic heterocycles. The van der Waals surface area contributed by atoms with E-state index in [-0.39, 0.29) is 11.9 Å². The lowest BCUT2D eigenvalue weighted by molar-refractivity contribution is 0.0954. The molecular formula is C19H23N3O2. The largest absolute Gasteiger partial charge is 0.350 e. The van der Waals surface area contributed by atoms with E-state index in [0.29, 0.717) is 25.2 Å². The minimum atomic E-state index is -0.211. The van der Waals surface area contributed by atoms with Crippen LogP contribution in [-0.4, -0.2) is 31.6 Å². The van der Waals surface area contributed by atoms with Gasteiger partial charge in [-0.15, -0.1) is 0 Å². The predicted molar refractivity (Wildman–Crippen MR) is 94.9 cm³/mol. The lowest BCUT2D eigenvalue weighted by Crippen LogP contribution is -2.40. The van der Waals surface area contributed by atoms with E-state index in [1.165, 1.54) is 5.56 Å². The van der Waals surface area contributed by atoms with Gasteiger partial charge < -0.3 is 16.0 Å². The van der Waals surface area contributed by atoms with E-state index in [1.807, 2.05) is 36.4 Å². The SMILES string of the molecule is O=C(NCCCc1ccccc1)NCCNC(=O)c1ccccc1. The Morgan fingerprint density at radius 3 is 2.00 bits per heavy atom. The zero-order valence-electron chi connectivity index (χ0n) is 13.6. The van der Waals surface area contributed by atoms with Gasteiger partial charge in [0.25, 0.3) is 5.91 Å². The maximum absolute atomic E-state index is 11.8. The molecule has 0 aliphatic carbocycles. The zero-order chi connectivity index (χ0) is 17.0. The summed E-state index contributed by atoms with van der Waals surface area (Å²) < 4.78 is 0. The summed E-state index contributed by atoms with van der Waals surface area (Å²) >= 11 is 0. The molecule has 2 rings (SSSR count). The van der Waals surface area contributed by atoms with Gasteiger partial charge in [-0.3, -0.25) is 4.79 Å². The van der Waals surface area contributed by atoms with Crippen molar-refractivity contribution >= 4 is 11.9 Å². The number of benzene rings is 2. The van der Waals surface area contributed by atoms with Crippen LogP contribution in [0, 0.1) is 0 Å². The first-order chi connectivity index (χ1) is 11.8. The van der Waals surface area contributed by atoms with Gasteiger partial charge in [-0.05, 0) is 30.5 Å². The monoisotopic (exact) mass is 325 g/mol. The molecule has 126 valence electrons. The van der Waals surface area contributed by atoms with Gasteiger partial charge in [0, 0.05) is 25.2 Å². The van der Waals surface area contributed by atoms with E-state index < -0.39 is 0 Å². The molecule has 2 aromatic carbocycles. The van der Waals surface area contributed by atoms with Gasteiger partial charge in [0.2, 0.25) is 0 Å². The van der Waals surface area contributed by atoms with Crippen LogP contribution in [0.3, 0.4) is 0 Å². The molecule has 0 bridgehead atoms. The topological polar surface area (TPSA) is 70.2 Å². The summed E-state index contributed by atoms with van der Waals surface area (Å²) in [5.41, 5.74) is 1.88. The number of carbonyl (C=O) groups is 2. The van der Waals surface area contributed by atoms with Crippen molar-refractivity contribution < 1.29 is 9.59 Å². The van der Waals surface area contributed by atoms with Gasteiger partial charge in [0.15, 0.2) is 0 Å². The molecule has 0 unspecified atom stereocenters. The van der Waals surface area contributed by atoms with E-state index in [9.17, 15) is 9.59 Å². The number of hydrogen-bond donors (Lipinski definition) is 3. The quantitative estimate of drug-likeness (QED) is 0.652. The van der Waals surface area contributed by atoms with Crippen LogP contribution in [0.25, 0.3) is 0 Å². The van der Waals surface area contributed by atoms with Gasteiger partial charge in [-0.25, -0.2) is 4.79 Å². The van der Waals surface area contributed by atoms with Crippen LogP contribution in [0.1, 0.15) is 22.3 Å². The van der Waals surface area contributed by atoms with Gasteiger partial charge >= 0.3 is 6.03 Å². The molecule has 0 atom stereocenters. The molecule has 0 spiro atoms. The van der Waals surface area contributed by atoms with Crippen molar-refractivity contribution in [2.75, 3.05) is 19.6 Å². The predicted octanol–water partition coefficient (Wildman–Crippen LogP) is 2.35. The number of carbonyl (C=O) groups excluding carboxylic acids is 2. The number of rotatable bonds is 8. The molecule has 0 fully saturated rings. The van der Waals surface area contributed by atoms with Crippen molar-refractivity contribution in [3.05, 3.63) is 71.8 Å². The Labute approximate surface area is 142 Å². The average Bonchev–Trinajstić information content (AvgIpc) is 2.64. The van der Waals surface area contributed by atoms with Gasteiger partial charge in [0.05, 0.1) is 0 Å². The van der Waals surface area contributed by atoms with Crippen molar-refractivity contribution in [1.82, 2.24) is 16.0 Å². The minimum Gasteiger partial charge on any atom is -0.350 e. The van der Waals surface area contributed by atoms with Crippen LogP contribution in [0.15, 0.2) is 60.7 Å². The third-order valence-corrected chi connectivity index (χ3v) is 3.50. The maximum atomic E-state index is 11.8. The molecular weight excluding hydrogens is 302 g/mol. The summed E-state index contributed by atoms with van der Waals surface area (Å²) in [4.78, 5) is 23.4. The van der Waals surface area contributed by atoms with E-state index in [0.717, 1.165) is 12.8 Å². The molecule has 0 radical (unpaired) electrons. The van der Waals surface area contributed by atoms with Crippen molar-refractivity contribution in [3.8, 4) is 0 Å². The van der Waals surface area contributed by atoms with Crippen LogP contribution in [0.5, 0.6) is 0 Å². The molecule has 0 saturated carbocycles. The molecule has 3 amide bonds. The van der Waals surface area contributed by atoms with Crippen molar-refractivity contribution in [2.45, 2.75) is 12.8 Å². The second-order valence-electron chi connectivity index (χ2n) is 5.39. The van der Waals surface area contributed by atoms with Crippen LogP contribution >= 0.6 is 0 Å². The minimum absolute atomic E-state index is 0.138. The third kappa shape index (κ3) is 6.52. The molecule has 5 heteroatoms. The molecule has 0 aliphatic rings. The number of aryl methyl sites for hydroxylation is 1. The highest BCUT2D eigenvalue weighted by Crippen LogP contribution is 2.01. The smallest absolute Gasteiger partial charge is 0.314 e. The summed E-state index contributed by atoms with van der Waals surface area (Å²) in [5, 5.41) is 8.29. The Kier molecular flexibility index (Phi) is 7.34. The van der Waals surface area contributed by atoms with Crippen LogP contribution in [0.4, 0.5) is 4.79 Å². The summed E-state index contributed by atoms with van der Waals surface area (Å²) in [6.45, 7) is 1.41. The van der Waals surface area contributed by atoms with E-state index in [1.54, 1.807) is 12.1 Å². The summed E-state index contributed by atoms with van der Waals surface area (Å²) in [5.74, 6) is -0.138. The molecule has 0 aromatic heterocycles. The van der Waals surface area contributed by atoms with Crippen LogP contribution in [-0.2, 0) is 6.42 Å². The number of hydrogen-bond acceptors (Lipinski definition) is 2. The van der Waals surface area contributed by atoms with Crippen molar-refractivity contribution in [2.24, 2.45) is 0 Å². The lowest BCUT2D eigenvalue weighted by Gasteiger charge is -2.09. The standard InChI is InChI=1S/C19H23N3O2/c23-18(17-11-5-2-6-12-17)20-14-15-22-19(24)21-13-7-10-16-8-3-1-4-9-16/h1-6,8-9,11-12H,7,10,13-15H2,(H,20,23)(H2,21,22,24). The van der Waals surface area contributed by atoms with E-state index in [2.05, 4.69) is 28.1 Å². The summed E-state index contributed by atoms with van der Waals surface area (Å²) in [6.07, 6.45) is 1.83. The third-order valence-electron chi connectivity index (χ3n) is 3.50. The number of nitrogens with one attached hydrogen (secondary N) is 3. The Morgan fingerprint density at radius 2 is 1.29 bits per heavy atom. The maximum Gasteiger partial charge on any atom is 0.314 e. The first-order valence-electron chi connectivity index (χ1n) is 8.14. The molecule has 5 nitrogen and oxygen atoms in total. The fraction of sp³-hybridized carbons (Fsp3) is 0.263. The fourth-order valence-electron chi connectivity index (χ4n) is 2.25. The second-order valence-corrected chi connectivity index (χ2v) is 5.39. The van der Waals surface area contributed by atoms with Crippen molar-refractivity contribution in [3.63, 3.8) is 0 Å². The normalized spacial score (nSPS) is 10.0. The van der Waals surface area contributed by atoms with E-state index in [4.69, 9.17) is 0 Å². The van der Waals surface area contributed by atoms with Crippen molar-refractivity contribution in [1.29, 1.82) is 0 Å².